The number of amides is 1. The van der Waals surface area contributed by atoms with E-state index in [2.05, 4.69) is 21.2 Å². The SMILES string of the molecule is O=C(Nc1ccc(F)cc1Br)c1ccc(O)cc1. The molecule has 0 bridgehead atoms. The summed E-state index contributed by atoms with van der Waals surface area (Å²) in [5.41, 5.74) is 0.888. The van der Waals surface area contributed by atoms with Gasteiger partial charge >= 0.3 is 0 Å². The molecule has 0 spiro atoms. The monoisotopic (exact) mass is 309 g/mol. The molecule has 5 heteroatoms. The summed E-state index contributed by atoms with van der Waals surface area (Å²) >= 11 is 3.17. The zero-order valence-corrected chi connectivity index (χ0v) is 10.7. The third kappa shape index (κ3) is 2.87. The summed E-state index contributed by atoms with van der Waals surface area (Å²) < 4.78 is 13.3. The summed E-state index contributed by atoms with van der Waals surface area (Å²) in [4.78, 5) is 11.9. The van der Waals surface area contributed by atoms with Gasteiger partial charge in [0.05, 0.1) is 5.69 Å². The molecule has 2 rings (SSSR count). The van der Waals surface area contributed by atoms with Gasteiger partial charge in [-0.25, -0.2) is 4.39 Å². The normalized spacial score (nSPS) is 10.1. The van der Waals surface area contributed by atoms with Crippen LogP contribution in [0.5, 0.6) is 5.75 Å². The summed E-state index contributed by atoms with van der Waals surface area (Å²) in [6.07, 6.45) is 0. The standard InChI is InChI=1S/C13H9BrFNO2/c14-11-7-9(15)3-6-12(11)16-13(18)8-1-4-10(17)5-2-8/h1-7,17H,(H,16,18). The van der Waals surface area contributed by atoms with Gasteiger partial charge in [-0.15, -0.1) is 0 Å². The second-order valence-corrected chi connectivity index (χ2v) is 4.48. The summed E-state index contributed by atoms with van der Waals surface area (Å²) in [7, 11) is 0. The molecule has 3 nitrogen and oxygen atoms in total. The molecule has 2 aromatic carbocycles. The van der Waals surface area contributed by atoms with Crippen LogP contribution in [0.15, 0.2) is 46.9 Å². The number of hydrogen-bond acceptors (Lipinski definition) is 2. The second kappa shape index (κ2) is 5.18. The number of anilines is 1. The molecule has 0 unspecified atom stereocenters. The van der Waals surface area contributed by atoms with E-state index in [1.54, 1.807) is 0 Å². The minimum Gasteiger partial charge on any atom is -0.508 e. The zero-order chi connectivity index (χ0) is 13.1. The first-order valence-corrected chi connectivity index (χ1v) is 5.91. The third-order valence-electron chi connectivity index (χ3n) is 2.31. The minimum atomic E-state index is -0.385. The van der Waals surface area contributed by atoms with E-state index < -0.39 is 0 Å². The van der Waals surface area contributed by atoms with Crippen LogP contribution >= 0.6 is 15.9 Å². The number of hydrogen-bond donors (Lipinski definition) is 2. The van der Waals surface area contributed by atoms with Gasteiger partial charge < -0.3 is 10.4 Å². The number of benzene rings is 2. The number of phenolic OH excluding ortho intramolecular Hbond substituents is 1. The van der Waals surface area contributed by atoms with Crippen molar-refractivity contribution in [1.82, 2.24) is 0 Å². The topological polar surface area (TPSA) is 49.3 Å². The number of aromatic hydroxyl groups is 1. The highest BCUT2D eigenvalue weighted by molar-refractivity contribution is 9.10. The molecular formula is C13H9BrFNO2. The molecule has 0 aliphatic carbocycles. The van der Waals surface area contributed by atoms with Crippen LogP contribution in [0.1, 0.15) is 10.4 Å². The lowest BCUT2D eigenvalue weighted by Crippen LogP contribution is -2.12. The molecular weight excluding hydrogens is 301 g/mol. The van der Waals surface area contributed by atoms with Gasteiger partial charge in [0.1, 0.15) is 11.6 Å². The average Bonchev–Trinajstić information content (AvgIpc) is 2.33. The number of phenols is 1. The predicted molar refractivity (Wildman–Crippen MR) is 70.2 cm³/mol. The number of carbonyl (C=O) groups is 1. The van der Waals surface area contributed by atoms with Crippen LogP contribution in [0.4, 0.5) is 10.1 Å². The summed E-state index contributed by atoms with van der Waals surface area (Å²) in [6.45, 7) is 0. The molecule has 0 radical (unpaired) electrons. The van der Waals surface area contributed by atoms with Crippen LogP contribution in [-0.2, 0) is 0 Å². The van der Waals surface area contributed by atoms with Gasteiger partial charge in [0, 0.05) is 10.0 Å². The third-order valence-corrected chi connectivity index (χ3v) is 2.96. The Labute approximate surface area is 111 Å². The zero-order valence-electron chi connectivity index (χ0n) is 9.15. The fraction of sp³-hybridized carbons (Fsp3) is 0. The van der Waals surface area contributed by atoms with E-state index in [9.17, 15) is 9.18 Å². The van der Waals surface area contributed by atoms with Crippen molar-refractivity contribution in [2.45, 2.75) is 0 Å². The van der Waals surface area contributed by atoms with Gasteiger partial charge in [-0.1, -0.05) is 0 Å². The van der Waals surface area contributed by atoms with Crippen molar-refractivity contribution in [3.05, 3.63) is 58.3 Å². The van der Waals surface area contributed by atoms with Crippen molar-refractivity contribution in [2.24, 2.45) is 0 Å². The first kappa shape index (κ1) is 12.6. The number of halogens is 2. The molecule has 0 aliphatic rings. The summed E-state index contributed by atoms with van der Waals surface area (Å²) in [5.74, 6) is -0.624. The lowest BCUT2D eigenvalue weighted by molar-refractivity contribution is 0.102. The molecule has 0 atom stereocenters. The van der Waals surface area contributed by atoms with Crippen LogP contribution < -0.4 is 5.32 Å². The van der Waals surface area contributed by atoms with Crippen molar-refractivity contribution in [2.75, 3.05) is 5.32 Å². The largest absolute Gasteiger partial charge is 0.508 e. The first-order valence-electron chi connectivity index (χ1n) is 5.12. The van der Waals surface area contributed by atoms with Gasteiger partial charge in [-0.3, -0.25) is 4.79 Å². The van der Waals surface area contributed by atoms with E-state index >= 15 is 0 Å². The Morgan fingerprint density at radius 1 is 1.17 bits per heavy atom. The molecule has 92 valence electrons. The Morgan fingerprint density at radius 2 is 1.83 bits per heavy atom. The highest BCUT2D eigenvalue weighted by Crippen LogP contribution is 2.23. The molecule has 0 saturated heterocycles. The summed E-state index contributed by atoms with van der Waals surface area (Å²) in [6, 6.07) is 9.86. The lowest BCUT2D eigenvalue weighted by atomic mass is 10.2. The molecule has 0 aliphatic heterocycles. The molecule has 2 aromatic rings. The predicted octanol–water partition coefficient (Wildman–Crippen LogP) is 3.55. The van der Waals surface area contributed by atoms with Gasteiger partial charge in [-0.05, 0) is 58.4 Å². The molecule has 18 heavy (non-hydrogen) atoms. The number of nitrogens with one attached hydrogen (secondary N) is 1. The Balaban J connectivity index is 2.18. The van der Waals surface area contributed by atoms with Gasteiger partial charge in [0.25, 0.3) is 5.91 Å². The van der Waals surface area contributed by atoms with Crippen LogP contribution in [0.2, 0.25) is 0 Å². The second-order valence-electron chi connectivity index (χ2n) is 3.63. The fourth-order valence-corrected chi connectivity index (χ4v) is 1.85. The smallest absolute Gasteiger partial charge is 0.255 e. The van der Waals surface area contributed by atoms with E-state index in [0.29, 0.717) is 15.7 Å². The maximum absolute atomic E-state index is 12.9. The van der Waals surface area contributed by atoms with Crippen LogP contribution in [0.25, 0.3) is 0 Å². The van der Waals surface area contributed by atoms with Crippen LogP contribution in [0, 0.1) is 5.82 Å². The van der Waals surface area contributed by atoms with Crippen LogP contribution in [-0.4, -0.2) is 11.0 Å². The van der Waals surface area contributed by atoms with E-state index in [1.807, 2.05) is 0 Å². The Morgan fingerprint density at radius 3 is 2.44 bits per heavy atom. The Hall–Kier alpha value is -1.88. The average molecular weight is 310 g/mol. The highest BCUT2D eigenvalue weighted by Gasteiger charge is 2.08. The minimum absolute atomic E-state index is 0.0921. The summed E-state index contributed by atoms with van der Waals surface area (Å²) in [5, 5.41) is 11.8. The number of rotatable bonds is 2. The van der Waals surface area contributed by atoms with Crippen molar-refractivity contribution < 1.29 is 14.3 Å². The molecule has 0 saturated carbocycles. The van der Waals surface area contributed by atoms with E-state index in [1.165, 1.54) is 42.5 Å². The van der Waals surface area contributed by atoms with Crippen molar-refractivity contribution >= 4 is 27.5 Å². The molecule has 2 N–H and O–H groups in total. The van der Waals surface area contributed by atoms with Crippen molar-refractivity contribution in [3.63, 3.8) is 0 Å². The quantitative estimate of drug-likeness (QED) is 0.891. The maximum atomic E-state index is 12.9. The molecule has 1 amide bonds. The first-order chi connectivity index (χ1) is 8.56. The maximum Gasteiger partial charge on any atom is 0.255 e. The number of carbonyl (C=O) groups excluding carboxylic acids is 1. The fourth-order valence-electron chi connectivity index (χ4n) is 1.40. The highest BCUT2D eigenvalue weighted by atomic mass is 79.9. The van der Waals surface area contributed by atoms with E-state index in [0.717, 1.165) is 0 Å². The van der Waals surface area contributed by atoms with E-state index in [-0.39, 0.29) is 17.5 Å². The molecule has 0 fully saturated rings. The van der Waals surface area contributed by atoms with Gasteiger partial charge in [0.2, 0.25) is 0 Å². The Kier molecular flexibility index (Phi) is 3.62. The van der Waals surface area contributed by atoms with Crippen molar-refractivity contribution in [3.8, 4) is 5.75 Å². The van der Waals surface area contributed by atoms with E-state index in [4.69, 9.17) is 5.11 Å². The van der Waals surface area contributed by atoms with Gasteiger partial charge in [0.15, 0.2) is 0 Å². The lowest BCUT2D eigenvalue weighted by Gasteiger charge is -2.07. The Bertz CT molecular complexity index is 584. The van der Waals surface area contributed by atoms with Crippen molar-refractivity contribution in [1.29, 1.82) is 0 Å². The van der Waals surface area contributed by atoms with Gasteiger partial charge in [-0.2, -0.15) is 0 Å². The van der Waals surface area contributed by atoms with Crippen LogP contribution in [0.3, 0.4) is 0 Å². The molecule has 0 heterocycles. The molecule has 0 aromatic heterocycles.